The number of hydrogen-bond acceptors (Lipinski definition) is 3. The Morgan fingerprint density at radius 1 is 1.08 bits per heavy atom. The molecule has 1 aliphatic rings. The van der Waals surface area contributed by atoms with Gasteiger partial charge in [0.2, 0.25) is 0 Å². The van der Waals surface area contributed by atoms with Gasteiger partial charge < -0.3 is 0 Å². The van der Waals surface area contributed by atoms with Gasteiger partial charge in [0.05, 0.1) is 11.4 Å². The summed E-state index contributed by atoms with van der Waals surface area (Å²) >= 11 is 0.888. The van der Waals surface area contributed by atoms with E-state index >= 15 is 0 Å². The van der Waals surface area contributed by atoms with Crippen LogP contribution < -0.4 is 0 Å². The van der Waals surface area contributed by atoms with E-state index in [1.807, 2.05) is 24.3 Å². The van der Waals surface area contributed by atoms with Gasteiger partial charge in [0.1, 0.15) is 5.82 Å². The van der Waals surface area contributed by atoms with Crippen LogP contribution in [0, 0.1) is 5.82 Å². The van der Waals surface area contributed by atoms with Gasteiger partial charge in [0.25, 0.3) is 11.1 Å². The molecule has 0 spiro atoms. The molecule has 0 aliphatic carbocycles. The number of imide groups is 1. The molecule has 24 heavy (non-hydrogen) atoms. The maximum absolute atomic E-state index is 13.7. The molecule has 0 bridgehead atoms. The molecule has 0 atom stereocenters. The van der Waals surface area contributed by atoms with Crippen molar-refractivity contribution >= 4 is 29.0 Å². The average molecular weight is 341 g/mol. The maximum atomic E-state index is 13.7. The zero-order valence-electron chi connectivity index (χ0n) is 13.2. The minimum absolute atomic E-state index is 0.0521. The van der Waals surface area contributed by atoms with Gasteiger partial charge in [-0.25, -0.2) is 4.39 Å². The Morgan fingerprint density at radius 3 is 2.46 bits per heavy atom. The van der Waals surface area contributed by atoms with Gasteiger partial charge in [0.15, 0.2) is 0 Å². The highest BCUT2D eigenvalue weighted by atomic mass is 32.2. The Bertz CT molecular complexity index is 814. The normalized spacial score (nSPS) is 16.2. The Labute approximate surface area is 144 Å². The summed E-state index contributed by atoms with van der Waals surface area (Å²) in [6, 6.07) is 14.0. The highest BCUT2D eigenvalue weighted by molar-refractivity contribution is 8.18. The van der Waals surface area contributed by atoms with Gasteiger partial charge in [0, 0.05) is 5.56 Å². The molecule has 3 rings (SSSR count). The summed E-state index contributed by atoms with van der Waals surface area (Å²) in [7, 11) is 0. The molecule has 122 valence electrons. The van der Waals surface area contributed by atoms with Crippen molar-refractivity contribution in [3.05, 3.63) is 75.9 Å². The van der Waals surface area contributed by atoms with Crippen LogP contribution in [0.1, 0.15) is 23.6 Å². The largest absolute Gasteiger partial charge is 0.293 e. The van der Waals surface area contributed by atoms with Crippen LogP contribution in [0.3, 0.4) is 0 Å². The number of benzene rings is 2. The molecule has 1 saturated heterocycles. The second-order valence-corrected chi connectivity index (χ2v) is 6.45. The van der Waals surface area contributed by atoms with Crippen LogP contribution in [0.5, 0.6) is 0 Å². The number of carbonyl (C=O) groups excluding carboxylic acids is 2. The molecule has 2 amide bonds. The zero-order chi connectivity index (χ0) is 17.1. The average Bonchev–Trinajstić information content (AvgIpc) is 2.85. The Kier molecular flexibility index (Phi) is 4.81. The summed E-state index contributed by atoms with van der Waals surface area (Å²) in [6.07, 6.45) is 2.64. The third kappa shape index (κ3) is 3.41. The summed E-state index contributed by atoms with van der Waals surface area (Å²) in [5, 5.41) is -0.375. The smallest absolute Gasteiger partial charge is 0.268 e. The van der Waals surface area contributed by atoms with Gasteiger partial charge in [-0.15, -0.1) is 0 Å². The molecule has 5 heteroatoms. The van der Waals surface area contributed by atoms with Crippen LogP contribution in [0.2, 0.25) is 0 Å². The van der Waals surface area contributed by atoms with E-state index < -0.39 is 5.82 Å². The minimum Gasteiger partial charge on any atom is -0.268 e. The summed E-state index contributed by atoms with van der Waals surface area (Å²) in [4.78, 5) is 26.0. The molecule has 1 heterocycles. The standard InChI is InChI=1S/C19H16FNO2S/c1-2-13-7-9-14(10-8-13)11-17-18(22)21(19(23)24-17)12-15-5-3-4-6-16(15)20/h3-11H,2,12H2,1H3/b17-11-. The number of hydrogen-bond donors (Lipinski definition) is 0. The van der Waals surface area contributed by atoms with Crippen LogP contribution in [0.25, 0.3) is 6.08 Å². The van der Waals surface area contributed by atoms with Crippen molar-refractivity contribution in [2.75, 3.05) is 0 Å². The molecule has 0 radical (unpaired) electrons. The lowest BCUT2D eigenvalue weighted by Crippen LogP contribution is -2.27. The van der Waals surface area contributed by atoms with Gasteiger partial charge in [-0.05, 0) is 41.5 Å². The maximum Gasteiger partial charge on any atom is 0.293 e. The van der Waals surface area contributed by atoms with Crippen LogP contribution in [-0.2, 0) is 17.8 Å². The van der Waals surface area contributed by atoms with E-state index in [0.29, 0.717) is 10.5 Å². The van der Waals surface area contributed by atoms with E-state index in [1.54, 1.807) is 24.3 Å². The van der Waals surface area contributed by atoms with Gasteiger partial charge >= 0.3 is 0 Å². The van der Waals surface area contributed by atoms with Crippen LogP contribution in [0.4, 0.5) is 9.18 Å². The molecule has 0 N–H and O–H groups in total. The number of halogens is 1. The molecule has 3 nitrogen and oxygen atoms in total. The fourth-order valence-corrected chi connectivity index (χ4v) is 3.27. The van der Waals surface area contributed by atoms with E-state index in [2.05, 4.69) is 6.92 Å². The van der Waals surface area contributed by atoms with E-state index in [1.165, 1.54) is 11.6 Å². The third-order valence-corrected chi connectivity index (χ3v) is 4.75. The van der Waals surface area contributed by atoms with Gasteiger partial charge in [-0.2, -0.15) is 0 Å². The lowest BCUT2D eigenvalue weighted by molar-refractivity contribution is -0.123. The van der Waals surface area contributed by atoms with E-state index in [0.717, 1.165) is 28.6 Å². The number of carbonyl (C=O) groups is 2. The first kappa shape index (κ1) is 16.5. The molecular formula is C19H16FNO2S. The Morgan fingerprint density at radius 2 is 1.79 bits per heavy atom. The van der Waals surface area contributed by atoms with Gasteiger partial charge in [-0.1, -0.05) is 49.4 Å². The van der Waals surface area contributed by atoms with Crippen molar-refractivity contribution in [3.63, 3.8) is 0 Å². The number of nitrogens with zero attached hydrogens (tertiary/aromatic N) is 1. The van der Waals surface area contributed by atoms with E-state index in [9.17, 15) is 14.0 Å². The highest BCUT2D eigenvalue weighted by Gasteiger charge is 2.35. The second-order valence-electron chi connectivity index (χ2n) is 5.45. The van der Waals surface area contributed by atoms with Crippen molar-refractivity contribution < 1.29 is 14.0 Å². The molecule has 0 unspecified atom stereocenters. The molecule has 1 fully saturated rings. The first-order valence-corrected chi connectivity index (χ1v) is 8.48. The highest BCUT2D eigenvalue weighted by Crippen LogP contribution is 2.33. The summed E-state index contributed by atoms with van der Waals surface area (Å²) < 4.78 is 13.7. The minimum atomic E-state index is -0.421. The van der Waals surface area contributed by atoms with Crippen molar-refractivity contribution in [1.82, 2.24) is 4.90 Å². The van der Waals surface area contributed by atoms with Crippen molar-refractivity contribution in [2.45, 2.75) is 19.9 Å². The second kappa shape index (κ2) is 7.01. The van der Waals surface area contributed by atoms with E-state index in [-0.39, 0.29) is 17.7 Å². The molecule has 2 aromatic rings. The molecule has 1 aliphatic heterocycles. The van der Waals surface area contributed by atoms with Crippen LogP contribution in [0.15, 0.2) is 53.4 Å². The van der Waals surface area contributed by atoms with Crippen LogP contribution in [-0.4, -0.2) is 16.0 Å². The summed E-state index contributed by atoms with van der Waals surface area (Å²) in [6.45, 7) is 2.02. The fraction of sp³-hybridized carbons (Fsp3) is 0.158. The molecule has 0 saturated carbocycles. The number of amides is 2. The number of thioether (sulfide) groups is 1. The first-order valence-electron chi connectivity index (χ1n) is 7.66. The van der Waals surface area contributed by atoms with Gasteiger partial charge in [-0.3, -0.25) is 14.5 Å². The Hall–Kier alpha value is -2.40. The quantitative estimate of drug-likeness (QED) is 0.761. The molecular weight excluding hydrogens is 325 g/mol. The SMILES string of the molecule is CCc1ccc(/C=C2\SC(=O)N(Cc3ccccc3F)C2=O)cc1. The topological polar surface area (TPSA) is 37.4 Å². The first-order chi connectivity index (χ1) is 11.6. The summed E-state index contributed by atoms with van der Waals surface area (Å²) in [5.41, 5.74) is 2.40. The van der Waals surface area contributed by atoms with Crippen molar-refractivity contribution in [2.24, 2.45) is 0 Å². The Balaban J connectivity index is 1.80. The number of aryl methyl sites for hydroxylation is 1. The fourth-order valence-electron chi connectivity index (χ4n) is 2.43. The predicted octanol–water partition coefficient (Wildman–Crippen LogP) is 4.62. The predicted molar refractivity (Wildman–Crippen MR) is 93.7 cm³/mol. The van der Waals surface area contributed by atoms with Crippen molar-refractivity contribution in [1.29, 1.82) is 0 Å². The monoisotopic (exact) mass is 341 g/mol. The zero-order valence-corrected chi connectivity index (χ0v) is 14.0. The lowest BCUT2D eigenvalue weighted by Gasteiger charge is -2.12. The summed E-state index contributed by atoms with van der Waals surface area (Å²) in [5.74, 6) is -0.802. The third-order valence-electron chi connectivity index (χ3n) is 3.85. The molecule has 2 aromatic carbocycles. The van der Waals surface area contributed by atoms with Crippen molar-refractivity contribution in [3.8, 4) is 0 Å². The van der Waals surface area contributed by atoms with Crippen LogP contribution >= 0.6 is 11.8 Å². The molecule has 0 aromatic heterocycles. The lowest BCUT2D eigenvalue weighted by atomic mass is 10.1. The van der Waals surface area contributed by atoms with E-state index in [4.69, 9.17) is 0 Å². The number of rotatable bonds is 4.